The lowest BCUT2D eigenvalue weighted by Gasteiger charge is -2.11. The lowest BCUT2D eigenvalue weighted by molar-refractivity contribution is -0.137. The minimum Gasteiger partial charge on any atom is -0.466 e. The third kappa shape index (κ3) is 1.76. The van der Waals surface area contributed by atoms with E-state index in [1.165, 1.54) is 7.11 Å². The van der Waals surface area contributed by atoms with Crippen LogP contribution < -0.4 is 0 Å². The highest BCUT2D eigenvalue weighted by Crippen LogP contribution is 2.43. The fourth-order valence-corrected chi connectivity index (χ4v) is 2.38. The number of ether oxygens (including phenoxy) is 1. The molecule has 17 heavy (non-hydrogen) atoms. The van der Waals surface area contributed by atoms with E-state index >= 15 is 0 Å². The molecule has 1 unspecified atom stereocenters. The maximum absolute atomic E-state index is 11.8. The molecule has 0 amide bonds. The number of fused-ring (bicyclic) bond motifs is 1. The van der Waals surface area contributed by atoms with E-state index < -0.39 is 12.1 Å². The molecule has 1 atom stereocenters. The SMILES string of the molecule is COC(=O)C1=C(C(C)C)c2ccccc2C1O. The second-order valence-corrected chi connectivity index (χ2v) is 4.46. The zero-order valence-corrected chi connectivity index (χ0v) is 10.2. The third-order valence-electron chi connectivity index (χ3n) is 3.09. The predicted molar refractivity (Wildman–Crippen MR) is 65.2 cm³/mol. The van der Waals surface area contributed by atoms with Crippen molar-refractivity contribution < 1.29 is 14.6 Å². The first-order chi connectivity index (χ1) is 8.07. The molecule has 0 saturated heterocycles. The standard InChI is InChI=1S/C14H16O3/c1-8(2)11-9-6-4-5-7-10(9)13(15)12(11)14(16)17-3/h4-8,13,15H,1-3H3. The molecule has 0 saturated carbocycles. The largest absolute Gasteiger partial charge is 0.466 e. The van der Waals surface area contributed by atoms with E-state index in [-0.39, 0.29) is 5.92 Å². The molecule has 0 radical (unpaired) electrons. The lowest BCUT2D eigenvalue weighted by Crippen LogP contribution is -2.11. The Labute approximate surface area is 101 Å². The van der Waals surface area contributed by atoms with Crippen molar-refractivity contribution in [3.8, 4) is 0 Å². The molecule has 0 aromatic heterocycles. The molecule has 1 aliphatic rings. The smallest absolute Gasteiger partial charge is 0.337 e. The van der Waals surface area contributed by atoms with E-state index in [9.17, 15) is 9.90 Å². The Morgan fingerprint density at radius 1 is 1.35 bits per heavy atom. The number of esters is 1. The molecule has 2 rings (SSSR count). The molecule has 3 heteroatoms. The number of aliphatic hydroxyl groups excluding tert-OH is 1. The van der Waals surface area contributed by atoms with Gasteiger partial charge in [-0.25, -0.2) is 4.79 Å². The van der Waals surface area contributed by atoms with Crippen molar-refractivity contribution >= 4 is 11.5 Å². The summed E-state index contributed by atoms with van der Waals surface area (Å²) in [6.07, 6.45) is -0.865. The van der Waals surface area contributed by atoms with Crippen LogP contribution in [-0.4, -0.2) is 18.2 Å². The molecule has 1 aliphatic carbocycles. The van der Waals surface area contributed by atoms with Crippen LogP contribution in [0, 0.1) is 5.92 Å². The second-order valence-electron chi connectivity index (χ2n) is 4.46. The van der Waals surface area contributed by atoms with Crippen molar-refractivity contribution in [2.45, 2.75) is 20.0 Å². The maximum Gasteiger partial charge on any atom is 0.337 e. The van der Waals surface area contributed by atoms with Crippen molar-refractivity contribution in [2.75, 3.05) is 7.11 Å². The Morgan fingerprint density at radius 3 is 2.59 bits per heavy atom. The van der Waals surface area contributed by atoms with Gasteiger partial charge < -0.3 is 9.84 Å². The fraction of sp³-hybridized carbons (Fsp3) is 0.357. The van der Waals surface area contributed by atoms with Crippen molar-refractivity contribution in [1.29, 1.82) is 0 Å². The van der Waals surface area contributed by atoms with Gasteiger partial charge in [0.25, 0.3) is 0 Å². The highest BCUT2D eigenvalue weighted by Gasteiger charge is 2.35. The van der Waals surface area contributed by atoms with E-state index in [1.54, 1.807) is 0 Å². The average molecular weight is 232 g/mol. The van der Waals surface area contributed by atoms with Crippen LogP contribution in [0.3, 0.4) is 0 Å². The van der Waals surface area contributed by atoms with Gasteiger partial charge in [0.15, 0.2) is 0 Å². The third-order valence-corrected chi connectivity index (χ3v) is 3.09. The summed E-state index contributed by atoms with van der Waals surface area (Å²) in [5.41, 5.74) is 3.01. The number of rotatable bonds is 2. The summed E-state index contributed by atoms with van der Waals surface area (Å²) in [6.45, 7) is 4.01. The Hall–Kier alpha value is -1.61. The monoisotopic (exact) mass is 232 g/mol. The van der Waals surface area contributed by atoms with Gasteiger partial charge in [0, 0.05) is 0 Å². The molecule has 3 nitrogen and oxygen atoms in total. The fourth-order valence-electron chi connectivity index (χ4n) is 2.38. The van der Waals surface area contributed by atoms with Crippen molar-refractivity contribution in [1.82, 2.24) is 0 Å². The van der Waals surface area contributed by atoms with E-state index in [1.807, 2.05) is 38.1 Å². The normalized spacial score (nSPS) is 18.5. The first kappa shape index (κ1) is 11.9. The topological polar surface area (TPSA) is 46.5 Å². The van der Waals surface area contributed by atoms with Gasteiger partial charge in [0.1, 0.15) is 6.10 Å². The van der Waals surface area contributed by atoms with Gasteiger partial charge in [-0.15, -0.1) is 0 Å². The number of carbonyl (C=O) groups excluding carboxylic acids is 1. The minimum absolute atomic E-state index is 0.169. The highest BCUT2D eigenvalue weighted by molar-refractivity contribution is 6.02. The van der Waals surface area contributed by atoms with Crippen LogP contribution in [0.2, 0.25) is 0 Å². The number of benzene rings is 1. The van der Waals surface area contributed by atoms with E-state index in [0.717, 1.165) is 16.7 Å². The summed E-state index contributed by atoms with van der Waals surface area (Å²) in [5.74, 6) is -0.278. The van der Waals surface area contributed by atoms with Crippen LogP contribution in [0.25, 0.3) is 5.57 Å². The van der Waals surface area contributed by atoms with Gasteiger partial charge in [0.05, 0.1) is 12.7 Å². The van der Waals surface area contributed by atoms with Gasteiger partial charge in [-0.1, -0.05) is 38.1 Å². The van der Waals surface area contributed by atoms with Crippen LogP contribution in [0.1, 0.15) is 31.1 Å². The summed E-state index contributed by atoms with van der Waals surface area (Å²) in [4.78, 5) is 11.8. The molecular weight excluding hydrogens is 216 g/mol. The Kier molecular flexibility index (Phi) is 3.03. The average Bonchev–Trinajstić information content (AvgIpc) is 2.62. The van der Waals surface area contributed by atoms with Crippen molar-refractivity contribution in [3.63, 3.8) is 0 Å². The number of hydrogen-bond acceptors (Lipinski definition) is 3. The summed E-state index contributed by atoms with van der Waals surface area (Å²) in [5, 5.41) is 10.2. The molecule has 0 spiro atoms. The highest BCUT2D eigenvalue weighted by atomic mass is 16.5. The maximum atomic E-state index is 11.8. The molecule has 1 aromatic rings. The summed E-state index contributed by atoms with van der Waals surface area (Å²) < 4.78 is 4.76. The van der Waals surface area contributed by atoms with E-state index in [2.05, 4.69) is 0 Å². The van der Waals surface area contributed by atoms with Crippen molar-refractivity contribution in [2.24, 2.45) is 5.92 Å². The minimum atomic E-state index is -0.865. The number of allylic oxidation sites excluding steroid dienone is 1. The second kappa shape index (κ2) is 4.34. The molecule has 0 fully saturated rings. The van der Waals surface area contributed by atoms with E-state index in [4.69, 9.17) is 4.74 Å². The van der Waals surface area contributed by atoms with Crippen LogP contribution in [-0.2, 0) is 9.53 Å². The number of hydrogen-bond donors (Lipinski definition) is 1. The van der Waals surface area contributed by atoms with Crippen LogP contribution in [0.15, 0.2) is 29.8 Å². The van der Waals surface area contributed by atoms with Gasteiger partial charge in [-0.3, -0.25) is 0 Å². The molecule has 0 aliphatic heterocycles. The molecule has 1 aromatic carbocycles. The zero-order valence-electron chi connectivity index (χ0n) is 10.2. The van der Waals surface area contributed by atoms with Gasteiger partial charge in [0.2, 0.25) is 0 Å². The molecule has 0 heterocycles. The predicted octanol–water partition coefficient (Wildman–Crippen LogP) is 2.32. The summed E-state index contributed by atoms with van der Waals surface area (Å²) >= 11 is 0. The molecule has 90 valence electrons. The Balaban J connectivity index is 2.63. The van der Waals surface area contributed by atoms with Gasteiger partial charge in [-0.05, 0) is 22.6 Å². The molecular formula is C14H16O3. The van der Waals surface area contributed by atoms with Gasteiger partial charge in [-0.2, -0.15) is 0 Å². The van der Waals surface area contributed by atoms with Crippen LogP contribution in [0.5, 0.6) is 0 Å². The first-order valence-corrected chi connectivity index (χ1v) is 5.67. The number of aliphatic hydroxyl groups is 1. The molecule has 1 N–H and O–H groups in total. The first-order valence-electron chi connectivity index (χ1n) is 5.67. The van der Waals surface area contributed by atoms with Crippen LogP contribution >= 0.6 is 0 Å². The Morgan fingerprint density at radius 2 is 2.00 bits per heavy atom. The summed E-state index contributed by atoms with van der Waals surface area (Å²) in [7, 11) is 1.34. The number of carbonyl (C=O) groups is 1. The van der Waals surface area contributed by atoms with Gasteiger partial charge >= 0.3 is 5.97 Å². The zero-order chi connectivity index (χ0) is 12.6. The van der Waals surface area contributed by atoms with E-state index in [0.29, 0.717) is 5.57 Å². The number of methoxy groups -OCH3 is 1. The van der Waals surface area contributed by atoms with Crippen LogP contribution in [0.4, 0.5) is 0 Å². The lowest BCUT2D eigenvalue weighted by atomic mass is 9.95. The molecule has 0 bridgehead atoms. The quantitative estimate of drug-likeness (QED) is 0.796. The Bertz CT molecular complexity index is 486. The van der Waals surface area contributed by atoms with Crippen molar-refractivity contribution in [3.05, 3.63) is 41.0 Å². The summed E-state index contributed by atoms with van der Waals surface area (Å²) in [6, 6.07) is 7.55.